The zero-order valence-electron chi connectivity index (χ0n) is 12.0. The van der Waals surface area contributed by atoms with Crippen molar-refractivity contribution in [1.82, 2.24) is 4.98 Å². The standard InChI is InChI=1S/C18H15N3/c1-12-7-8-13(2)17(9-12)21-18-15(11-19)10-14-5-3-4-6-16(14)20-18/h3-10H,1-2H3,(H,20,21). The van der Waals surface area contributed by atoms with Crippen molar-refractivity contribution in [2.75, 3.05) is 5.32 Å². The first-order valence-electron chi connectivity index (χ1n) is 6.81. The van der Waals surface area contributed by atoms with E-state index in [-0.39, 0.29) is 0 Å². The number of aromatic nitrogens is 1. The van der Waals surface area contributed by atoms with Crippen molar-refractivity contribution in [3.63, 3.8) is 0 Å². The lowest BCUT2D eigenvalue weighted by Gasteiger charge is -2.12. The number of nitrogens with zero attached hydrogens (tertiary/aromatic N) is 2. The summed E-state index contributed by atoms with van der Waals surface area (Å²) in [6.07, 6.45) is 0. The molecule has 0 aliphatic rings. The molecule has 1 N–H and O–H groups in total. The third-order valence-corrected chi connectivity index (χ3v) is 3.49. The predicted octanol–water partition coefficient (Wildman–Crippen LogP) is 4.47. The molecular weight excluding hydrogens is 258 g/mol. The highest BCUT2D eigenvalue weighted by Gasteiger charge is 2.08. The Kier molecular flexibility index (Phi) is 3.29. The maximum Gasteiger partial charge on any atom is 0.149 e. The normalized spacial score (nSPS) is 10.3. The average Bonchev–Trinajstić information content (AvgIpc) is 2.50. The van der Waals surface area contributed by atoms with Gasteiger partial charge < -0.3 is 5.32 Å². The lowest BCUT2D eigenvalue weighted by molar-refractivity contribution is 1.31. The van der Waals surface area contributed by atoms with Crippen molar-refractivity contribution in [1.29, 1.82) is 5.26 Å². The summed E-state index contributed by atoms with van der Waals surface area (Å²) in [5, 5.41) is 13.6. The Bertz CT molecular complexity index is 860. The lowest BCUT2D eigenvalue weighted by atomic mass is 10.1. The Morgan fingerprint density at radius 2 is 1.86 bits per heavy atom. The van der Waals surface area contributed by atoms with E-state index >= 15 is 0 Å². The van der Waals surface area contributed by atoms with Crippen LogP contribution in [0.15, 0.2) is 48.5 Å². The van der Waals surface area contributed by atoms with Gasteiger partial charge in [-0.3, -0.25) is 0 Å². The number of nitrogens with one attached hydrogen (secondary N) is 1. The average molecular weight is 273 g/mol. The van der Waals surface area contributed by atoms with Crippen molar-refractivity contribution < 1.29 is 0 Å². The monoisotopic (exact) mass is 273 g/mol. The Morgan fingerprint density at radius 3 is 2.67 bits per heavy atom. The molecule has 0 saturated heterocycles. The molecule has 3 rings (SSSR count). The van der Waals surface area contributed by atoms with Gasteiger partial charge in [-0.2, -0.15) is 5.26 Å². The summed E-state index contributed by atoms with van der Waals surface area (Å²) in [6.45, 7) is 4.08. The predicted molar refractivity (Wildman–Crippen MR) is 85.7 cm³/mol. The molecule has 0 unspecified atom stereocenters. The van der Waals surface area contributed by atoms with Crippen molar-refractivity contribution in [3.8, 4) is 6.07 Å². The van der Waals surface area contributed by atoms with Crippen LogP contribution < -0.4 is 5.32 Å². The second kappa shape index (κ2) is 5.26. The molecule has 0 radical (unpaired) electrons. The molecule has 0 saturated carbocycles. The quantitative estimate of drug-likeness (QED) is 0.749. The second-order valence-electron chi connectivity index (χ2n) is 5.13. The molecule has 1 heterocycles. The maximum atomic E-state index is 9.35. The lowest BCUT2D eigenvalue weighted by Crippen LogP contribution is -1.99. The Morgan fingerprint density at radius 1 is 1.05 bits per heavy atom. The van der Waals surface area contributed by atoms with Crippen molar-refractivity contribution in [2.24, 2.45) is 0 Å². The number of fused-ring (bicyclic) bond motifs is 1. The van der Waals surface area contributed by atoms with Gasteiger partial charge in [0.2, 0.25) is 0 Å². The highest BCUT2D eigenvalue weighted by atomic mass is 15.0. The number of nitriles is 1. The molecule has 0 bridgehead atoms. The van der Waals surface area contributed by atoms with Gasteiger partial charge in [0.05, 0.1) is 11.1 Å². The van der Waals surface area contributed by atoms with Crippen LogP contribution in [0.2, 0.25) is 0 Å². The van der Waals surface area contributed by atoms with Crippen molar-refractivity contribution >= 4 is 22.4 Å². The van der Waals surface area contributed by atoms with E-state index in [0.717, 1.165) is 22.2 Å². The zero-order valence-corrected chi connectivity index (χ0v) is 12.0. The first kappa shape index (κ1) is 13.1. The second-order valence-corrected chi connectivity index (χ2v) is 5.13. The van der Waals surface area contributed by atoms with Crippen molar-refractivity contribution in [2.45, 2.75) is 13.8 Å². The number of anilines is 2. The van der Waals surface area contributed by atoms with Crippen LogP contribution in [0.4, 0.5) is 11.5 Å². The number of rotatable bonds is 2. The molecule has 0 fully saturated rings. The molecule has 3 aromatic rings. The largest absolute Gasteiger partial charge is 0.339 e. The van der Waals surface area contributed by atoms with Crippen LogP contribution >= 0.6 is 0 Å². The minimum atomic E-state index is 0.551. The van der Waals surface area contributed by atoms with E-state index in [4.69, 9.17) is 0 Å². The van der Waals surface area contributed by atoms with E-state index in [9.17, 15) is 5.26 Å². The van der Waals surface area contributed by atoms with E-state index in [1.54, 1.807) is 0 Å². The SMILES string of the molecule is Cc1ccc(C)c(Nc2nc3ccccc3cc2C#N)c1. The van der Waals surface area contributed by atoms with Crippen LogP contribution in [0.25, 0.3) is 10.9 Å². The number of pyridine rings is 1. The molecule has 21 heavy (non-hydrogen) atoms. The van der Waals surface area contributed by atoms with Crippen LogP contribution in [0.3, 0.4) is 0 Å². The van der Waals surface area contributed by atoms with Crippen LogP contribution in [-0.4, -0.2) is 4.98 Å². The summed E-state index contributed by atoms with van der Waals surface area (Å²) in [5.74, 6) is 0.602. The Balaban J connectivity index is 2.11. The van der Waals surface area contributed by atoms with Crippen LogP contribution in [-0.2, 0) is 0 Å². The molecule has 0 spiro atoms. The fraction of sp³-hybridized carbons (Fsp3) is 0.111. The van der Waals surface area contributed by atoms with E-state index in [2.05, 4.69) is 34.6 Å². The van der Waals surface area contributed by atoms with E-state index in [1.165, 1.54) is 5.56 Å². The molecule has 0 amide bonds. The number of hydrogen-bond donors (Lipinski definition) is 1. The number of para-hydroxylation sites is 1. The molecule has 102 valence electrons. The smallest absolute Gasteiger partial charge is 0.149 e. The number of benzene rings is 2. The minimum Gasteiger partial charge on any atom is -0.339 e. The fourth-order valence-corrected chi connectivity index (χ4v) is 2.29. The third kappa shape index (κ3) is 2.56. The van der Waals surface area contributed by atoms with Crippen molar-refractivity contribution in [3.05, 3.63) is 65.2 Å². The molecular formula is C18H15N3. The molecule has 3 nitrogen and oxygen atoms in total. The summed E-state index contributed by atoms with van der Waals surface area (Å²) in [6, 6.07) is 18.1. The molecule has 1 aromatic heterocycles. The summed E-state index contributed by atoms with van der Waals surface area (Å²) in [5.41, 5.74) is 4.70. The van der Waals surface area contributed by atoms with E-state index in [1.807, 2.05) is 44.2 Å². The summed E-state index contributed by atoms with van der Waals surface area (Å²) >= 11 is 0. The number of hydrogen-bond acceptors (Lipinski definition) is 3. The van der Waals surface area contributed by atoms with Gasteiger partial charge in [-0.1, -0.05) is 30.3 Å². The van der Waals surface area contributed by atoms with E-state index in [0.29, 0.717) is 11.4 Å². The van der Waals surface area contributed by atoms with Gasteiger partial charge >= 0.3 is 0 Å². The third-order valence-electron chi connectivity index (χ3n) is 3.49. The summed E-state index contributed by atoms with van der Waals surface area (Å²) < 4.78 is 0. The first-order valence-corrected chi connectivity index (χ1v) is 6.81. The summed E-state index contributed by atoms with van der Waals surface area (Å²) in [7, 11) is 0. The van der Waals surface area contributed by atoms with Crippen LogP contribution in [0.1, 0.15) is 16.7 Å². The van der Waals surface area contributed by atoms with Gasteiger partial charge in [-0.05, 0) is 43.2 Å². The zero-order chi connectivity index (χ0) is 14.8. The van der Waals surface area contributed by atoms with Gasteiger partial charge in [0.25, 0.3) is 0 Å². The molecule has 0 aliphatic heterocycles. The number of aryl methyl sites for hydroxylation is 2. The van der Waals surface area contributed by atoms with Gasteiger partial charge in [0, 0.05) is 11.1 Å². The van der Waals surface area contributed by atoms with Crippen LogP contribution in [0.5, 0.6) is 0 Å². The van der Waals surface area contributed by atoms with Gasteiger partial charge in [0.1, 0.15) is 11.9 Å². The van der Waals surface area contributed by atoms with Crippen LogP contribution in [0, 0.1) is 25.2 Å². The topological polar surface area (TPSA) is 48.7 Å². The minimum absolute atomic E-state index is 0.551. The Labute approximate surface area is 123 Å². The van der Waals surface area contributed by atoms with Gasteiger partial charge in [-0.15, -0.1) is 0 Å². The molecule has 3 heteroatoms. The fourth-order valence-electron chi connectivity index (χ4n) is 2.29. The van der Waals surface area contributed by atoms with Gasteiger partial charge in [0.15, 0.2) is 0 Å². The first-order chi connectivity index (χ1) is 10.2. The summed E-state index contributed by atoms with van der Waals surface area (Å²) in [4.78, 5) is 4.58. The highest BCUT2D eigenvalue weighted by Crippen LogP contribution is 2.25. The Hall–Kier alpha value is -2.86. The van der Waals surface area contributed by atoms with Gasteiger partial charge in [-0.25, -0.2) is 4.98 Å². The molecule has 2 aromatic carbocycles. The molecule has 0 aliphatic carbocycles. The highest BCUT2D eigenvalue weighted by molar-refractivity contribution is 5.84. The van der Waals surface area contributed by atoms with E-state index < -0.39 is 0 Å². The maximum absolute atomic E-state index is 9.35. The molecule has 0 atom stereocenters.